The van der Waals surface area contributed by atoms with Crippen molar-refractivity contribution in [2.45, 2.75) is 6.10 Å². The van der Waals surface area contributed by atoms with E-state index >= 15 is 0 Å². The van der Waals surface area contributed by atoms with E-state index in [9.17, 15) is 4.79 Å². The summed E-state index contributed by atoms with van der Waals surface area (Å²) in [6, 6.07) is 0. The van der Waals surface area contributed by atoms with Crippen LogP contribution in [-0.2, 0) is 9.53 Å². The molecule has 6 nitrogen and oxygen atoms in total. The van der Waals surface area contributed by atoms with Gasteiger partial charge in [-0.15, -0.1) is 0 Å². The number of aliphatic hydroxyl groups is 2. The average Bonchev–Trinajstić information content (AvgIpc) is 2.21. The van der Waals surface area contributed by atoms with E-state index < -0.39 is 6.10 Å². The average molecular weight is 206 g/mol. The topological polar surface area (TPSA) is 90.8 Å². The second-order valence-corrected chi connectivity index (χ2v) is 2.81. The number of hydrogen-bond donors (Lipinski definition) is 4. The minimum absolute atomic E-state index is 0.0707. The van der Waals surface area contributed by atoms with E-state index in [0.29, 0.717) is 13.2 Å². The van der Waals surface area contributed by atoms with Gasteiger partial charge in [-0.2, -0.15) is 0 Å². The summed E-state index contributed by atoms with van der Waals surface area (Å²) in [5, 5.41) is 22.7. The van der Waals surface area contributed by atoms with Crippen LogP contribution >= 0.6 is 0 Å². The Labute approximate surface area is 83.3 Å². The summed E-state index contributed by atoms with van der Waals surface area (Å²) in [6.45, 7) is 1.05. The maximum Gasteiger partial charge on any atom is 0.234 e. The van der Waals surface area contributed by atoms with Crippen molar-refractivity contribution in [3.05, 3.63) is 0 Å². The largest absolute Gasteiger partial charge is 0.394 e. The lowest BCUT2D eigenvalue weighted by atomic mass is 10.4. The number of carbonyl (C=O) groups excluding carboxylic acids is 1. The summed E-state index contributed by atoms with van der Waals surface area (Å²) in [5.41, 5.74) is 0. The molecule has 0 aromatic rings. The normalized spacial score (nSPS) is 12.5. The number of amides is 1. The number of carbonyl (C=O) groups is 1. The predicted octanol–water partition coefficient (Wildman–Crippen LogP) is -2.31. The van der Waals surface area contributed by atoms with Gasteiger partial charge >= 0.3 is 0 Å². The lowest BCUT2D eigenvalue weighted by Gasteiger charge is -2.09. The third kappa shape index (κ3) is 7.93. The van der Waals surface area contributed by atoms with Crippen LogP contribution in [0.1, 0.15) is 0 Å². The molecule has 0 aliphatic carbocycles. The number of methoxy groups -OCH3 is 1. The van der Waals surface area contributed by atoms with Crippen molar-refractivity contribution in [3.63, 3.8) is 0 Å². The summed E-state index contributed by atoms with van der Waals surface area (Å²) in [6.07, 6.45) is -0.891. The highest BCUT2D eigenvalue weighted by Crippen LogP contribution is 1.76. The lowest BCUT2D eigenvalue weighted by molar-refractivity contribution is -0.120. The summed E-state index contributed by atoms with van der Waals surface area (Å²) in [5.74, 6) is -0.214. The van der Waals surface area contributed by atoms with E-state index in [-0.39, 0.29) is 25.6 Å². The molecular formula is C8H18N2O4. The first-order valence-electron chi connectivity index (χ1n) is 4.46. The van der Waals surface area contributed by atoms with Crippen molar-refractivity contribution in [1.29, 1.82) is 0 Å². The van der Waals surface area contributed by atoms with Gasteiger partial charge in [-0.1, -0.05) is 0 Å². The van der Waals surface area contributed by atoms with Gasteiger partial charge in [0.2, 0.25) is 5.91 Å². The molecule has 0 aliphatic heterocycles. The van der Waals surface area contributed by atoms with Crippen LogP contribution in [0, 0.1) is 0 Å². The second-order valence-electron chi connectivity index (χ2n) is 2.81. The second kappa shape index (κ2) is 8.89. The summed E-state index contributed by atoms with van der Waals surface area (Å²) < 4.78 is 4.77. The Morgan fingerprint density at radius 2 is 2.29 bits per heavy atom. The van der Waals surface area contributed by atoms with Crippen LogP contribution in [0.25, 0.3) is 0 Å². The van der Waals surface area contributed by atoms with Gasteiger partial charge in [-0.25, -0.2) is 0 Å². The van der Waals surface area contributed by atoms with Gasteiger partial charge in [-0.3, -0.25) is 4.79 Å². The molecule has 14 heavy (non-hydrogen) atoms. The molecule has 0 rings (SSSR count). The van der Waals surface area contributed by atoms with Crippen molar-refractivity contribution in [1.82, 2.24) is 10.6 Å². The molecule has 0 saturated carbocycles. The van der Waals surface area contributed by atoms with E-state index in [1.165, 1.54) is 0 Å². The molecule has 0 spiro atoms. The van der Waals surface area contributed by atoms with Crippen molar-refractivity contribution >= 4 is 5.91 Å². The van der Waals surface area contributed by atoms with Crippen LogP contribution in [0.4, 0.5) is 0 Å². The Morgan fingerprint density at radius 3 is 2.86 bits per heavy atom. The number of rotatable bonds is 8. The molecule has 0 heterocycles. The fourth-order valence-electron chi connectivity index (χ4n) is 0.735. The fraction of sp³-hybridized carbons (Fsp3) is 0.875. The maximum absolute atomic E-state index is 11.0. The zero-order chi connectivity index (χ0) is 10.8. The maximum atomic E-state index is 11.0. The Balaban J connectivity index is 3.28. The molecule has 0 aromatic heterocycles. The van der Waals surface area contributed by atoms with Crippen LogP contribution in [0.3, 0.4) is 0 Å². The van der Waals surface area contributed by atoms with Gasteiger partial charge in [0, 0.05) is 20.2 Å². The van der Waals surface area contributed by atoms with Crippen LogP contribution in [0.15, 0.2) is 0 Å². The number of hydrogen-bond acceptors (Lipinski definition) is 5. The minimum atomic E-state index is -0.891. The highest BCUT2D eigenvalue weighted by atomic mass is 16.5. The molecule has 1 amide bonds. The Kier molecular flexibility index (Phi) is 8.45. The molecule has 1 unspecified atom stereocenters. The predicted molar refractivity (Wildman–Crippen MR) is 50.8 cm³/mol. The first kappa shape index (κ1) is 13.3. The third-order valence-corrected chi connectivity index (χ3v) is 1.51. The van der Waals surface area contributed by atoms with Crippen LogP contribution in [0.2, 0.25) is 0 Å². The number of ether oxygens (including phenoxy) is 1. The smallest absolute Gasteiger partial charge is 0.234 e. The van der Waals surface area contributed by atoms with E-state index in [1.54, 1.807) is 7.11 Å². The van der Waals surface area contributed by atoms with Gasteiger partial charge in [0.15, 0.2) is 0 Å². The zero-order valence-corrected chi connectivity index (χ0v) is 8.32. The molecule has 0 aliphatic rings. The Hall–Kier alpha value is -0.690. The molecule has 6 heteroatoms. The molecule has 0 fully saturated rings. The van der Waals surface area contributed by atoms with E-state index in [2.05, 4.69) is 10.6 Å². The molecule has 0 radical (unpaired) electrons. The first-order chi connectivity index (χ1) is 6.70. The molecule has 0 saturated heterocycles. The van der Waals surface area contributed by atoms with Crippen LogP contribution in [0.5, 0.6) is 0 Å². The summed E-state index contributed by atoms with van der Waals surface area (Å²) in [7, 11) is 1.58. The van der Waals surface area contributed by atoms with Gasteiger partial charge in [-0.05, 0) is 0 Å². The molecule has 0 aromatic carbocycles. The van der Waals surface area contributed by atoms with E-state index in [0.717, 1.165) is 0 Å². The van der Waals surface area contributed by atoms with Crippen molar-refractivity contribution < 1.29 is 19.7 Å². The van der Waals surface area contributed by atoms with Gasteiger partial charge in [0.25, 0.3) is 0 Å². The van der Waals surface area contributed by atoms with Gasteiger partial charge in [0.05, 0.1) is 25.9 Å². The molecular weight excluding hydrogens is 188 g/mol. The highest BCUT2D eigenvalue weighted by molar-refractivity contribution is 5.77. The lowest BCUT2D eigenvalue weighted by Crippen LogP contribution is -2.39. The molecule has 0 bridgehead atoms. The van der Waals surface area contributed by atoms with E-state index in [1.807, 2.05) is 0 Å². The minimum Gasteiger partial charge on any atom is -0.394 e. The first-order valence-corrected chi connectivity index (χ1v) is 4.46. The SMILES string of the molecule is COCCNCC(=O)NCC(O)CO. The van der Waals surface area contributed by atoms with Gasteiger partial charge < -0.3 is 25.6 Å². The zero-order valence-electron chi connectivity index (χ0n) is 8.32. The van der Waals surface area contributed by atoms with Crippen LogP contribution < -0.4 is 10.6 Å². The fourth-order valence-corrected chi connectivity index (χ4v) is 0.735. The quantitative estimate of drug-likeness (QED) is 0.335. The highest BCUT2D eigenvalue weighted by Gasteiger charge is 2.04. The van der Waals surface area contributed by atoms with Crippen molar-refractivity contribution in [2.24, 2.45) is 0 Å². The van der Waals surface area contributed by atoms with Gasteiger partial charge in [0.1, 0.15) is 0 Å². The monoisotopic (exact) mass is 206 g/mol. The van der Waals surface area contributed by atoms with E-state index in [4.69, 9.17) is 14.9 Å². The molecule has 1 atom stereocenters. The van der Waals surface area contributed by atoms with Crippen molar-refractivity contribution in [3.8, 4) is 0 Å². The summed E-state index contributed by atoms with van der Waals surface area (Å²) >= 11 is 0. The summed E-state index contributed by atoms with van der Waals surface area (Å²) in [4.78, 5) is 11.0. The van der Waals surface area contributed by atoms with Crippen LogP contribution in [-0.4, -0.2) is 62.2 Å². The molecule has 84 valence electrons. The number of nitrogens with one attached hydrogen (secondary N) is 2. The Morgan fingerprint density at radius 1 is 1.57 bits per heavy atom. The Bertz CT molecular complexity index is 154. The third-order valence-electron chi connectivity index (χ3n) is 1.51. The standard InChI is InChI=1S/C8H18N2O4/c1-14-3-2-9-5-8(13)10-4-7(12)6-11/h7,9,11-12H,2-6H2,1H3,(H,10,13). The number of aliphatic hydroxyl groups excluding tert-OH is 2. The molecule has 4 N–H and O–H groups in total. The van der Waals surface area contributed by atoms with Crippen molar-refractivity contribution in [2.75, 3.05) is 40.0 Å².